The summed E-state index contributed by atoms with van der Waals surface area (Å²) in [7, 11) is 1.58. The molecule has 126 valence electrons. The summed E-state index contributed by atoms with van der Waals surface area (Å²) in [6, 6.07) is 6.94. The van der Waals surface area contributed by atoms with Gasteiger partial charge >= 0.3 is 0 Å². The van der Waals surface area contributed by atoms with Gasteiger partial charge in [-0.3, -0.25) is 9.59 Å². The first-order chi connectivity index (χ1) is 11.1. The molecule has 0 saturated carbocycles. The number of hydrogen-bond donors (Lipinski definition) is 3. The number of thiocarbonyl (C=S) groups is 1. The number of carbonyl (C=O) groups excluding carboxylic acids is 2. The van der Waals surface area contributed by atoms with E-state index in [1.165, 1.54) is 19.3 Å². The fraction of sp³-hybridized carbons (Fsp3) is 0.471. The predicted octanol–water partition coefficient (Wildman–Crippen LogP) is 3.22. The van der Waals surface area contributed by atoms with E-state index in [0.29, 0.717) is 17.7 Å². The van der Waals surface area contributed by atoms with Crippen molar-refractivity contribution >= 4 is 34.8 Å². The van der Waals surface area contributed by atoms with E-state index in [-0.39, 0.29) is 16.9 Å². The molecule has 0 atom stereocenters. The van der Waals surface area contributed by atoms with Gasteiger partial charge in [0.25, 0.3) is 5.91 Å². The molecule has 0 aromatic heterocycles. The molecule has 0 unspecified atom stereocenters. The average Bonchev–Trinajstić information content (AvgIpc) is 2.54. The van der Waals surface area contributed by atoms with Gasteiger partial charge in [-0.2, -0.15) is 0 Å². The van der Waals surface area contributed by atoms with Gasteiger partial charge in [-0.25, -0.2) is 0 Å². The molecule has 0 radical (unpaired) electrons. The summed E-state index contributed by atoms with van der Waals surface area (Å²) in [6.45, 7) is 2.16. The van der Waals surface area contributed by atoms with E-state index in [2.05, 4.69) is 22.9 Å². The van der Waals surface area contributed by atoms with Crippen molar-refractivity contribution in [3.05, 3.63) is 29.8 Å². The molecule has 1 aromatic carbocycles. The van der Waals surface area contributed by atoms with E-state index in [1.807, 2.05) is 0 Å². The Morgan fingerprint density at radius 2 is 1.87 bits per heavy atom. The monoisotopic (exact) mass is 335 g/mol. The lowest BCUT2D eigenvalue weighted by Crippen LogP contribution is -2.34. The van der Waals surface area contributed by atoms with Gasteiger partial charge in [0.15, 0.2) is 5.11 Å². The van der Waals surface area contributed by atoms with Crippen LogP contribution in [0.2, 0.25) is 0 Å². The lowest BCUT2D eigenvalue weighted by Gasteiger charge is -2.10. The molecule has 0 saturated heterocycles. The number of nitrogens with one attached hydrogen (secondary N) is 3. The van der Waals surface area contributed by atoms with E-state index in [0.717, 1.165) is 12.8 Å². The van der Waals surface area contributed by atoms with Crippen LogP contribution < -0.4 is 16.0 Å². The third-order valence-electron chi connectivity index (χ3n) is 3.37. The Morgan fingerprint density at radius 3 is 2.57 bits per heavy atom. The molecule has 1 rings (SSSR count). The molecule has 0 aliphatic heterocycles. The summed E-state index contributed by atoms with van der Waals surface area (Å²) in [5.74, 6) is -0.253. The molecule has 0 bridgehead atoms. The molecule has 0 aliphatic rings. The van der Waals surface area contributed by atoms with Crippen molar-refractivity contribution in [3.8, 4) is 0 Å². The smallest absolute Gasteiger partial charge is 0.251 e. The van der Waals surface area contributed by atoms with Crippen LogP contribution in [0.3, 0.4) is 0 Å². The molecule has 0 fully saturated rings. The Hall–Kier alpha value is -1.95. The number of anilines is 1. The van der Waals surface area contributed by atoms with E-state index < -0.39 is 0 Å². The molecule has 0 heterocycles. The second-order valence-electron chi connectivity index (χ2n) is 5.33. The summed E-state index contributed by atoms with van der Waals surface area (Å²) in [5.41, 5.74) is 1.20. The fourth-order valence-electron chi connectivity index (χ4n) is 2.12. The summed E-state index contributed by atoms with van der Waals surface area (Å²) in [4.78, 5) is 23.4. The van der Waals surface area contributed by atoms with Crippen LogP contribution in [0.5, 0.6) is 0 Å². The number of amides is 2. The SMILES string of the molecule is CCCCCCCC(=O)NC(=S)Nc1cccc(C(=O)NC)c1. The van der Waals surface area contributed by atoms with Crippen LogP contribution in [-0.2, 0) is 4.79 Å². The molecule has 23 heavy (non-hydrogen) atoms. The standard InChI is InChI=1S/C17H25N3O2S/c1-3-4-5-6-7-11-15(21)20-17(23)19-14-10-8-9-13(12-14)16(22)18-2/h8-10,12H,3-7,11H2,1-2H3,(H,18,22)(H2,19,20,21,23). The molecule has 6 heteroatoms. The average molecular weight is 335 g/mol. The van der Waals surface area contributed by atoms with Gasteiger partial charge in [-0.1, -0.05) is 38.7 Å². The minimum absolute atomic E-state index is 0.0820. The Morgan fingerprint density at radius 1 is 1.13 bits per heavy atom. The lowest BCUT2D eigenvalue weighted by atomic mass is 10.1. The van der Waals surface area contributed by atoms with Crippen LogP contribution in [0, 0.1) is 0 Å². The molecular weight excluding hydrogens is 310 g/mol. The molecule has 3 N–H and O–H groups in total. The topological polar surface area (TPSA) is 70.2 Å². The third kappa shape index (κ3) is 7.74. The van der Waals surface area contributed by atoms with Crippen molar-refractivity contribution in [2.45, 2.75) is 45.4 Å². The van der Waals surface area contributed by atoms with Crippen LogP contribution in [0.15, 0.2) is 24.3 Å². The van der Waals surface area contributed by atoms with Crippen LogP contribution in [-0.4, -0.2) is 24.0 Å². The van der Waals surface area contributed by atoms with Crippen LogP contribution in [0.25, 0.3) is 0 Å². The first kappa shape index (κ1) is 19.1. The van der Waals surface area contributed by atoms with Crippen LogP contribution >= 0.6 is 12.2 Å². The Labute approximate surface area is 143 Å². The molecular formula is C17H25N3O2S. The molecule has 5 nitrogen and oxygen atoms in total. The number of carbonyl (C=O) groups is 2. The number of benzene rings is 1. The molecule has 0 spiro atoms. The summed E-state index contributed by atoms with van der Waals surface area (Å²) in [5, 5.41) is 8.40. The second-order valence-corrected chi connectivity index (χ2v) is 5.73. The van der Waals surface area contributed by atoms with Crippen molar-refractivity contribution in [2.75, 3.05) is 12.4 Å². The van der Waals surface area contributed by atoms with Crippen molar-refractivity contribution in [1.29, 1.82) is 0 Å². The highest BCUT2D eigenvalue weighted by molar-refractivity contribution is 7.80. The van der Waals surface area contributed by atoms with E-state index in [4.69, 9.17) is 12.2 Å². The number of unbranched alkanes of at least 4 members (excludes halogenated alkanes) is 4. The van der Waals surface area contributed by atoms with Gasteiger partial charge in [-0.15, -0.1) is 0 Å². The van der Waals surface area contributed by atoms with Crippen LogP contribution in [0.4, 0.5) is 5.69 Å². The maximum atomic E-state index is 11.8. The van der Waals surface area contributed by atoms with Crippen molar-refractivity contribution < 1.29 is 9.59 Å². The largest absolute Gasteiger partial charge is 0.355 e. The number of rotatable bonds is 8. The molecule has 0 aliphatic carbocycles. The first-order valence-electron chi connectivity index (χ1n) is 7.99. The zero-order valence-electron chi connectivity index (χ0n) is 13.8. The summed E-state index contributed by atoms with van der Waals surface area (Å²) < 4.78 is 0. The van der Waals surface area contributed by atoms with Crippen molar-refractivity contribution in [3.63, 3.8) is 0 Å². The van der Waals surface area contributed by atoms with Gasteiger partial charge in [0, 0.05) is 24.7 Å². The maximum absolute atomic E-state index is 11.8. The quantitative estimate of drug-likeness (QED) is 0.504. The first-order valence-corrected chi connectivity index (χ1v) is 8.40. The molecule has 1 aromatic rings. The second kappa shape index (κ2) is 10.7. The fourth-order valence-corrected chi connectivity index (χ4v) is 2.35. The van der Waals surface area contributed by atoms with E-state index in [1.54, 1.807) is 31.3 Å². The normalized spacial score (nSPS) is 10.0. The Balaban J connectivity index is 2.38. The van der Waals surface area contributed by atoms with Crippen molar-refractivity contribution in [1.82, 2.24) is 10.6 Å². The summed E-state index contributed by atoms with van der Waals surface area (Å²) >= 11 is 5.13. The van der Waals surface area contributed by atoms with E-state index in [9.17, 15) is 9.59 Å². The zero-order valence-corrected chi connectivity index (χ0v) is 14.6. The highest BCUT2D eigenvalue weighted by Gasteiger charge is 2.07. The van der Waals surface area contributed by atoms with Gasteiger partial charge in [0.1, 0.15) is 0 Å². The minimum atomic E-state index is -0.171. The van der Waals surface area contributed by atoms with Crippen LogP contribution in [0.1, 0.15) is 55.8 Å². The van der Waals surface area contributed by atoms with E-state index >= 15 is 0 Å². The van der Waals surface area contributed by atoms with Gasteiger partial charge in [-0.05, 0) is 36.8 Å². The Kier molecular flexibility index (Phi) is 8.90. The zero-order chi connectivity index (χ0) is 17.1. The predicted molar refractivity (Wildman–Crippen MR) is 97.6 cm³/mol. The Bertz CT molecular complexity index is 546. The van der Waals surface area contributed by atoms with Gasteiger partial charge in [0.2, 0.25) is 5.91 Å². The third-order valence-corrected chi connectivity index (χ3v) is 3.57. The summed E-state index contributed by atoms with van der Waals surface area (Å²) in [6.07, 6.45) is 5.98. The maximum Gasteiger partial charge on any atom is 0.251 e. The lowest BCUT2D eigenvalue weighted by molar-refractivity contribution is -0.119. The molecule has 2 amide bonds. The highest BCUT2D eigenvalue weighted by atomic mass is 32.1. The van der Waals surface area contributed by atoms with Gasteiger partial charge in [0.05, 0.1) is 0 Å². The minimum Gasteiger partial charge on any atom is -0.355 e. The van der Waals surface area contributed by atoms with Gasteiger partial charge < -0.3 is 16.0 Å². The van der Waals surface area contributed by atoms with Crippen molar-refractivity contribution in [2.24, 2.45) is 0 Å². The highest BCUT2D eigenvalue weighted by Crippen LogP contribution is 2.10. The number of hydrogen-bond acceptors (Lipinski definition) is 3.